The summed E-state index contributed by atoms with van der Waals surface area (Å²) in [5, 5.41) is 17.5. The molecule has 0 N–H and O–H groups in total. The summed E-state index contributed by atoms with van der Waals surface area (Å²) in [6.45, 7) is 6.77. The minimum absolute atomic E-state index is 0.104. The van der Waals surface area contributed by atoms with Gasteiger partial charge in [0.2, 0.25) is 0 Å². The molecule has 6 nitrogen and oxygen atoms in total. The predicted molar refractivity (Wildman–Crippen MR) is 109 cm³/mol. The highest BCUT2D eigenvalue weighted by molar-refractivity contribution is 5.79. The number of rotatable bonds is 6. The lowest BCUT2D eigenvalue weighted by Gasteiger charge is -2.33. The molecule has 2 aromatic carbocycles. The molecule has 27 heavy (non-hydrogen) atoms. The largest absolute Gasteiger partial charge is 0.295 e. The smallest absolute Gasteiger partial charge is 0.276 e. The van der Waals surface area contributed by atoms with Gasteiger partial charge in [0.1, 0.15) is 0 Å². The summed E-state index contributed by atoms with van der Waals surface area (Å²) in [6.07, 6.45) is 5.17. The fourth-order valence-electron chi connectivity index (χ4n) is 3.04. The number of nitrogens with zero attached hydrogens (tertiary/aromatic N) is 4. The first-order valence-electron chi connectivity index (χ1n) is 9.09. The number of hydrogen-bond donors (Lipinski definition) is 0. The number of piperazine rings is 1. The zero-order chi connectivity index (χ0) is 19.1. The van der Waals surface area contributed by atoms with E-state index < -0.39 is 0 Å². The minimum atomic E-state index is -0.371. The second kappa shape index (κ2) is 9.09. The molecule has 1 fully saturated rings. The van der Waals surface area contributed by atoms with Crippen molar-refractivity contribution in [3.63, 3.8) is 0 Å². The first-order chi connectivity index (χ1) is 13.1. The second-order valence-corrected chi connectivity index (χ2v) is 6.65. The van der Waals surface area contributed by atoms with E-state index in [1.807, 2.05) is 5.01 Å². The van der Waals surface area contributed by atoms with Gasteiger partial charge in [-0.25, -0.2) is 0 Å². The number of nitro benzene ring substituents is 1. The lowest BCUT2D eigenvalue weighted by atomic mass is 10.1. The van der Waals surface area contributed by atoms with Crippen LogP contribution in [0.15, 0.2) is 59.7 Å². The molecule has 140 valence electrons. The summed E-state index contributed by atoms with van der Waals surface area (Å²) in [6, 6.07) is 15.4. The molecular formula is C21H24N4O2. The second-order valence-electron chi connectivity index (χ2n) is 6.65. The Morgan fingerprint density at radius 1 is 1.07 bits per heavy atom. The number of aryl methyl sites for hydroxylation is 1. The highest BCUT2D eigenvalue weighted by atomic mass is 16.6. The molecular weight excluding hydrogens is 340 g/mol. The predicted octanol–water partition coefficient (Wildman–Crippen LogP) is 3.72. The van der Waals surface area contributed by atoms with E-state index in [0.717, 1.165) is 32.7 Å². The molecule has 0 spiro atoms. The SMILES string of the molecule is Cc1ccc(CN2CCN(/N=C/C=C/c3ccccc3[N+](=O)[O-])CC2)cc1. The van der Waals surface area contributed by atoms with Crippen LogP contribution in [0.1, 0.15) is 16.7 Å². The van der Waals surface area contributed by atoms with Crippen molar-refractivity contribution in [3.8, 4) is 0 Å². The van der Waals surface area contributed by atoms with Gasteiger partial charge in [0.05, 0.1) is 10.5 Å². The van der Waals surface area contributed by atoms with Gasteiger partial charge in [-0.15, -0.1) is 0 Å². The monoisotopic (exact) mass is 364 g/mol. The molecule has 1 aliphatic rings. The fraction of sp³-hybridized carbons (Fsp3) is 0.286. The van der Waals surface area contributed by atoms with Crippen molar-refractivity contribution in [2.75, 3.05) is 26.2 Å². The highest BCUT2D eigenvalue weighted by Gasteiger charge is 2.15. The van der Waals surface area contributed by atoms with Crippen molar-refractivity contribution in [3.05, 3.63) is 81.4 Å². The van der Waals surface area contributed by atoms with E-state index in [1.54, 1.807) is 36.6 Å². The van der Waals surface area contributed by atoms with Gasteiger partial charge >= 0.3 is 0 Å². The van der Waals surface area contributed by atoms with Crippen LogP contribution in [0.4, 0.5) is 5.69 Å². The van der Waals surface area contributed by atoms with Crippen LogP contribution in [0, 0.1) is 17.0 Å². The Morgan fingerprint density at radius 3 is 2.48 bits per heavy atom. The van der Waals surface area contributed by atoms with E-state index in [4.69, 9.17) is 0 Å². The lowest BCUT2D eigenvalue weighted by molar-refractivity contribution is -0.385. The fourth-order valence-corrected chi connectivity index (χ4v) is 3.04. The molecule has 0 saturated carbocycles. The number of benzene rings is 2. The lowest BCUT2D eigenvalue weighted by Crippen LogP contribution is -2.43. The van der Waals surface area contributed by atoms with Crippen LogP contribution < -0.4 is 0 Å². The molecule has 0 aromatic heterocycles. The molecule has 0 aliphatic carbocycles. The van der Waals surface area contributed by atoms with Crippen LogP contribution in [-0.4, -0.2) is 47.2 Å². The Morgan fingerprint density at radius 2 is 1.78 bits per heavy atom. The maximum atomic E-state index is 11.0. The van der Waals surface area contributed by atoms with E-state index in [1.165, 1.54) is 17.2 Å². The average Bonchev–Trinajstić information content (AvgIpc) is 2.68. The minimum Gasteiger partial charge on any atom is -0.295 e. The topological polar surface area (TPSA) is 62.0 Å². The van der Waals surface area contributed by atoms with Crippen molar-refractivity contribution in [1.82, 2.24) is 9.91 Å². The van der Waals surface area contributed by atoms with E-state index >= 15 is 0 Å². The van der Waals surface area contributed by atoms with Crippen molar-refractivity contribution in [1.29, 1.82) is 0 Å². The molecule has 1 saturated heterocycles. The van der Waals surface area contributed by atoms with Gasteiger partial charge in [0.25, 0.3) is 5.69 Å². The first kappa shape index (κ1) is 18.8. The van der Waals surface area contributed by atoms with Crippen molar-refractivity contribution < 1.29 is 4.92 Å². The van der Waals surface area contributed by atoms with E-state index in [2.05, 4.69) is 41.2 Å². The van der Waals surface area contributed by atoms with Gasteiger partial charge in [-0.05, 0) is 30.7 Å². The Bertz CT molecular complexity index is 822. The third kappa shape index (κ3) is 5.49. The third-order valence-corrected chi connectivity index (χ3v) is 4.60. The highest BCUT2D eigenvalue weighted by Crippen LogP contribution is 2.18. The number of para-hydroxylation sites is 1. The van der Waals surface area contributed by atoms with Crippen LogP contribution >= 0.6 is 0 Å². The first-order valence-corrected chi connectivity index (χ1v) is 9.09. The molecule has 0 unspecified atom stereocenters. The van der Waals surface area contributed by atoms with Crippen LogP contribution in [0.5, 0.6) is 0 Å². The molecule has 2 aromatic rings. The Hall–Kier alpha value is -2.99. The van der Waals surface area contributed by atoms with Crippen LogP contribution in [0.2, 0.25) is 0 Å². The maximum Gasteiger partial charge on any atom is 0.276 e. The van der Waals surface area contributed by atoms with Gasteiger partial charge in [0, 0.05) is 45.0 Å². The van der Waals surface area contributed by atoms with Crippen LogP contribution in [-0.2, 0) is 6.54 Å². The molecule has 0 radical (unpaired) electrons. The molecule has 1 aliphatic heterocycles. The zero-order valence-corrected chi connectivity index (χ0v) is 15.5. The molecule has 3 rings (SSSR count). The van der Waals surface area contributed by atoms with Crippen LogP contribution in [0.3, 0.4) is 0 Å². The van der Waals surface area contributed by atoms with E-state index in [-0.39, 0.29) is 10.6 Å². The van der Waals surface area contributed by atoms with Gasteiger partial charge in [0.15, 0.2) is 0 Å². The summed E-state index contributed by atoms with van der Waals surface area (Å²) in [5.41, 5.74) is 3.31. The number of nitro groups is 1. The van der Waals surface area contributed by atoms with Gasteiger partial charge < -0.3 is 0 Å². The maximum absolute atomic E-state index is 11.0. The Labute approximate surface area is 159 Å². The number of allylic oxidation sites excluding steroid dienone is 1. The molecule has 1 heterocycles. The van der Waals surface area contributed by atoms with Crippen molar-refractivity contribution >= 4 is 18.0 Å². The summed E-state index contributed by atoms with van der Waals surface area (Å²) in [5.74, 6) is 0. The molecule has 6 heteroatoms. The van der Waals surface area contributed by atoms with Crippen molar-refractivity contribution in [2.45, 2.75) is 13.5 Å². The summed E-state index contributed by atoms with van der Waals surface area (Å²) in [7, 11) is 0. The summed E-state index contributed by atoms with van der Waals surface area (Å²) < 4.78 is 0. The van der Waals surface area contributed by atoms with Gasteiger partial charge in [-0.3, -0.25) is 20.0 Å². The summed E-state index contributed by atoms with van der Waals surface area (Å²) >= 11 is 0. The standard InChI is InChI=1S/C21H24N4O2/c1-18-8-10-19(11-9-18)17-23-13-15-24(16-14-23)22-12-4-6-20-5-2-3-7-21(20)25(26)27/h2-12H,13-17H2,1H3/b6-4+,22-12+. The Balaban J connectivity index is 1.48. The van der Waals surface area contributed by atoms with Crippen molar-refractivity contribution in [2.24, 2.45) is 5.10 Å². The third-order valence-electron chi connectivity index (χ3n) is 4.60. The van der Waals surface area contributed by atoms with Crippen LogP contribution in [0.25, 0.3) is 6.08 Å². The number of hydrogen-bond acceptors (Lipinski definition) is 5. The quantitative estimate of drug-likeness (QED) is 0.445. The molecule has 0 atom stereocenters. The van der Waals surface area contributed by atoms with E-state index in [9.17, 15) is 10.1 Å². The summed E-state index contributed by atoms with van der Waals surface area (Å²) in [4.78, 5) is 13.1. The zero-order valence-electron chi connectivity index (χ0n) is 15.5. The normalized spacial score (nSPS) is 15.7. The molecule has 0 amide bonds. The van der Waals surface area contributed by atoms with Gasteiger partial charge in [-0.2, -0.15) is 5.10 Å². The van der Waals surface area contributed by atoms with E-state index in [0.29, 0.717) is 5.56 Å². The number of hydrazone groups is 1. The average molecular weight is 364 g/mol. The Kier molecular flexibility index (Phi) is 6.33. The molecule has 0 bridgehead atoms. The van der Waals surface area contributed by atoms with Gasteiger partial charge in [-0.1, -0.05) is 42.0 Å².